The molecule has 0 fully saturated rings. The topological polar surface area (TPSA) is 90.8 Å². The smallest absolute Gasteiger partial charge is 0.449 e. The van der Waals surface area contributed by atoms with Crippen LogP contribution < -0.4 is 15.4 Å². The van der Waals surface area contributed by atoms with E-state index in [0.29, 0.717) is 35.2 Å². The highest BCUT2D eigenvalue weighted by Gasteiger charge is 2.09. The summed E-state index contributed by atoms with van der Waals surface area (Å²) in [5.74, 6) is 0.270. The standard InChI is InChI=1S/C23H22Cl2N2O4/c24-18-9-17(10-19(25)13-18)22(28)14-26-7-8-27-20-5-1-3-15(11-20)16-4-2-6-21(12-16)31-23(29)30/h1-6,9-13,22,26-28H,7-8,14H2,(H,29,30)/t22-/m0/s1. The average Bonchev–Trinajstić information content (AvgIpc) is 2.72. The summed E-state index contributed by atoms with van der Waals surface area (Å²) in [4.78, 5) is 10.7. The number of rotatable bonds is 9. The quantitative estimate of drug-likeness (QED) is 0.192. The lowest BCUT2D eigenvalue weighted by Gasteiger charge is -2.14. The Morgan fingerprint density at radius 1 is 0.935 bits per heavy atom. The van der Waals surface area contributed by atoms with Gasteiger partial charge in [-0.05, 0) is 59.2 Å². The van der Waals surface area contributed by atoms with Gasteiger partial charge in [-0.15, -0.1) is 0 Å². The molecule has 0 spiro atoms. The summed E-state index contributed by atoms with van der Waals surface area (Å²) < 4.78 is 4.72. The van der Waals surface area contributed by atoms with Crippen molar-refractivity contribution in [3.8, 4) is 16.9 Å². The van der Waals surface area contributed by atoms with E-state index in [-0.39, 0.29) is 5.75 Å². The molecule has 1 atom stereocenters. The molecule has 0 aliphatic rings. The highest BCUT2D eigenvalue weighted by Crippen LogP contribution is 2.26. The number of nitrogens with one attached hydrogen (secondary N) is 2. The molecule has 4 N–H and O–H groups in total. The Morgan fingerprint density at radius 3 is 2.32 bits per heavy atom. The lowest BCUT2D eigenvalue weighted by atomic mass is 10.0. The number of anilines is 1. The molecule has 0 unspecified atom stereocenters. The predicted molar refractivity (Wildman–Crippen MR) is 123 cm³/mol. The molecule has 0 bridgehead atoms. The minimum Gasteiger partial charge on any atom is -0.449 e. The Kier molecular flexibility index (Phi) is 8.14. The molecule has 0 aromatic heterocycles. The Balaban J connectivity index is 1.50. The molecule has 0 saturated carbocycles. The first kappa shape index (κ1) is 22.9. The van der Waals surface area contributed by atoms with Crippen LogP contribution in [0.15, 0.2) is 66.7 Å². The molecular formula is C23H22Cl2N2O4. The fraction of sp³-hybridized carbons (Fsp3) is 0.174. The Morgan fingerprint density at radius 2 is 1.61 bits per heavy atom. The summed E-state index contributed by atoms with van der Waals surface area (Å²) in [6, 6.07) is 19.7. The number of carboxylic acid groups (broad SMARTS) is 1. The maximum atomic E-state index is 10.7. The summed E-state index contributed by atoms with van der Waals surface area (Å²) in [6.45, 7) is 1.65. The summed E-state index contributed by atoms with van der Waals surface area (Å²) >= 11 is 11.9. The van der Waals surface area contributed by atoms with E-state index in [0.717, 1.165) is 16.8 Å². The van der Waals surface area contributed by atoms with E-state index in [9.17, 15) is 9.90 Å². The van der Waals surface area contributed by atoms with Crippen molar-refractivity contribution in [1.82, 2.24) is 5.32 Å². The van der Waals surface area contributed by atoms with Crippen LogP contribution >= 0.6 is 23.2 Å². The Hall–Kier alpha value is -2.77. The molecule has 6 nitrogen and oxygen atoms in total. The van der Waals surface area contributed by atoms with E-state index < -0.39 is 12.3 Å². The first-order chi connectivity index (χ1) is 14.9. The second kappa shape index (κ2) is 11.0. The Bertz CT molecular complexity index is 1030. The predicted octanol–water partition coefficient (Wildman–Crippen LogP) is 5.45. The van der Waals surface area contributed by atoms with Gasteiger partial charge in [-0.25, -0.2) is 4.79 Å². The summed E-state index contributed by atoms with van der Waals surface area (Å²) in [7, 11) is 0. The second-order valence-corrected chi connectivity index (χ2v) is 7.70. The lowest BCUT2D eigenvalue weighted by molar-refractivity contribution is 0.144. The monoisotopic (exact) mass is 460 g/mol. The molecule has 31 heavy (non-hydrogen) atoms. The van der Waals surface area contributed by atoms with E-state index in [1.54, 1.807) is 36.4 Å². The van der Waals surface area contributed by atoms with Gasteiger partial charge in [0.25, 0.3) is 0 Å². The number of ether oxygens (including phenoxy) is 1. The van der Waals surface area contributed by atoms with Crippen LogP contribution in [0.2, 0.25) is 10.0 Å². The van der Waals surface area contributed by atoms with Gasteiger partial charge in [0, 0.05) is 35.4 Å². The van der Waals surface area contributed by atoms with Crippen LogP contribution in [0.3, 0.4) is 0 Å². The molecular weight excluding hydrogens is 439 g/mol. The number of aliphatic hydroxyl groups is 1. The van der Waals surface area contributed by atoms with E-state index in [1.807, 2.05) is 30.3 Å². The fourth-order valence-electron chi connectivity index (χ4n) is 3.07. The largest absolute Gasteiger partial charge is 0.511 e. The minimum absolute atomic E-state index is 0.270. The third-order valence-electron chi connectivity index (χ3n) is 4.47. The SMILES string of the molecule is O=C(O)Oc1cccc(-c2cccc(NCCNC[C@H](O)c3cc(Cl)cc(Cl)c3)c2)c1. The minimum atomic E-state index is -1.34. The van der Waals surface area contributed by atoms with Gasteiger partial charge < -0.3 is 25.6 Å². The molecule has 0 heterocycles. The molecule has 0 aliphatic heterocycles. The van der Waals surface area contributed by atoms with Gasteiger partial charge in [-0.1, -0.05) is 47.5 Å². The number of carbonyl (C=O) groups is 1. The van der Waals surface area contributed by atoms with Crippen LogP contribution in [-0.4, -0.2) is 36.0 Å². The van der Waals surface area contributed by atoms with Crippen molar-refractivity contribution in [1.29, 1.82) is 0 Å². The number of hydrogen-bond acceptors (Lipinski definition) is 5. The van der Waals surface area contributed by atoms with Crippen molar-refractivity contribution in [3.63, 3.8) is 0 Å². The van der Waals surface area contributed by atoms with E-state index in [4.69, 9.17) is 33.0 Å². The number of aliphatic hydroxyl groups excluding tert-OH is 1. The van der Waals surface area contributed by atoms with Gasteiger partial charge in [-0.2, -0.15) is 0 Å². The van der Waals surface area contributed by atoms with Crippen molar-refractivity contribution in [2.45, 2.75) is 6.10 Å². The second-order valence-electron chi connectivity index (χ2n) is 6.83. The number of halogens is 2. The molecule has 162 valence electrons. The molecule has 3 rings (SSSR count). The number of hydrogen-bond donors (Lipinski definition) is 4. The van der Waals surface area contributed by atoms with Crippen LogP contribution in [0.5, 0.6) is 5.75 Å². The number of benzene rings is 3. The van der Waals surface area contributed by atoms with Gasteiger partial charge in [0.05, 0.1) is 6.10 Å². The Labute approximate surface area is 190 Å². The fourth-order valence-corrected chi connectivity index (χ4v) is 3.61. The molecule has 0 aliphatic carbocycles. The highest BCUT2D eigenvalue weighted by molar-refractivity contribution is 6.34. The van der Waals surface area contributed by atoms with Gasteiger partial charge in [-0.3, -0.25) is 0 Å². The lowest BCUT2D eigenvalue weighted by Crippen LogP contribution is -2.26. The van der Waals surface area contributed by atoms with Crippen LogP contribution in [0.25, 0.3) is 11.1 Å². The van der Waals surface area contributed by atoms with Crippen LogP contribution in [0.4, 0.5) is 10.5 Å². The highest BCUT2D eigenvalue weighted by atomic mass is 35.5. The van der Waals surface area contributed by atoms with E-state index >= 15 is 0 Å². The van der Waals surface area contributed by atoms with Gasteiger partial charge in [0.2, 0.25) is 0 Å². The van der Waals surface area contributed by atoms with E-state index in [2.05, 4.69) is 10.6 Å². The van der Waals surface area contributed by atoms with Gasteiger partial charge in [0.15, 0.2) is 0 Å². The third-order valence-corrected chi connectivity index (χ3v) is 4.91. The van der Waals surface area contributed by atoms with Crippen molar-refractivity contribution < 1.29 is 19.7 Å². The molecule has 8 heteroatoms. The zero-order valence-electron chi connectivity index (χ0n) is 16.5. The van der Waals surface area contributed by atoms with Crippen LogP contribution in [0, 0.1) is 0 Å². The first-order valence-corrected chi connectivity index (χ1v) is 10.4. The van der Waals surface area contributed by atoms with E-state index in [1.165, 1.54) is 0 Å². The van der Waals surface area contributed by atoms with Crippen molar-refractivity contribution in [2.24, 2.45) is 0 Å². The third kappa shape index (κ3) is 7.15. The summed E-state index contributed by atoms with van der Waals surface area (Å²) in [5.41, 5.74) is 3.37. The van der Waals surface area contributed by atoms with Crippen LogP contribution in [0.1, 0.15) is 11.7 Å². The zero-order valence-corrected chi connectivity index (χ0v) is 18.0. The van der Waals surface area contributed by atoms with Crippen molar-refractivity contribution >= 4 is 35.0 Å². The first-order valence-electron chi connectivity index (χ1n) is 9.60. The molecule has 0 amide bonds. The normalized spacial score (nSPS) is 11.7. The maximum absolute atomic E-state index is 10.7. The molecule has 3 aromatic rings. The van der Waals surface area contributed by atoms with Gasteiger partial charge >= 0.3 is 6.16 Å². The zero-order chi connectivity index (χ0) is 22.2. The molecule has 0 radical (unpaired) electrons. The van der Waals surface area contributed by atoms with Crippen molar-refractivity contribution in [3.05, 3.63) is 82.3 Å². The molecule has 3 aromatic carbocycles. The maximum Gasteiger partial charge on any atom is 0.511 e. The van der Waals surface area contributed by atoms with Gasteiger partial charge in [0.1, 0.15) is 5.75 Å². The summed E-state index contributed by atoms with van der Waals surface area (Å²) in [5, 5.41) is 26.5. The average molecular weight is 461 g/mol. The van der Waals surface area contributed by atoms with Crippen molar-refractivity contribution in [2.75, 3.05) is 25.0 Å². The summed E-state index contributed by atoms with van der Waals surface area (Å²) in [6.07, 6.45) is -2.05. The van der Waals surface area contributed by atoms with Crippen LogP contribution in [-0.2, 0) is 0 Å². The molecule has 0 saturated heterocycles.